The van der Waals surface area contributed by atoms with Crippen LogP contribution in [0.25, 0.3) is 11.0 Å². The molecule has 1 unspecified atom stereocenters. The fourth-order valence-corrected chi connectivity index (χ4v) is 1.88. The lowest BCUT2D eigenvalue weighted by Crippen LogP contribution is -2.21. The summed E-state index contributed by atoms with van der Waals surface area (Å²) in [6.07, 6.45) is 2.03. The Kier molecular flexibility index (Phi) is 3.52. The fourth-order valence-electron chi connectivity index (χ4n) is 1.70. The summed E-state index contributed by atoms with van der Waals surface area (Å²) in [6.45, 7) is 2.17. The molecule has 0 saturated heterocycles. The number of nitrogens with one attached hydrogen (secondary N) is 1. The first kappa shape index (κ1) is 11.5. The molecule has 0 fully saturated rings. The van der Waals surface area contributed by atoms with Crippen LogP contribution in [0.5, 0.6) is 0 Å². The number of benzene rings is 1. The van der Waals surface area contributed by atoms with Crippen molar-refractivity contribution in [3.63, 3.8) is 0 Å². The van der Waals surface area contributed by atoms with Crippen LogP contribution in [0, 0.1) is 0 Å². The number of hydrogen-bond donors (Lipinski definition) is 1. The average molecular weight is 238 g/mol. The maximum absolute atomic E-state index is 5.93. The minimum Gasteiger partial charge on any atom is -0.461 e. The predicted molar refractivity (Wildman–Crippen MR) is 68.1 cm³/mol. The maximum atomic E-state index is 5.93. The van der Waals surface area contributed by atoms with Gasteiger partial charge in [0.2, 0.25) is 0 Å². The Morgan fingerprint density at radius 1 is 1.38 bits per heavy atom. The van der Waals surface area contributed by atoms with Crippen LogP contribution < -0.4 is 5.32 Å². The molecule has 1 aromatic heterocycles. The van der Waals surface area contributed by atoms with Gasteiger partial charge in [-0.15, -0.1) is 0 Å². The molecule has 1 heterocycles. The highest BCUT2D eigenvalue weighted by molar-refractivity contribution is 6.31. The van der Waals surface area contributed by atoms with Crippen LogP contribution in [0.1, 0.15) is 19.1 Å². The molecule has 3 heteroatoms. The first-order valence-electron chi connectivity index (χ1n) is 5.54. The molecule has 0 bridgehead atoms. The topological polar surface area (TPSA) is 25.2 Å². The normalized spacial score (nSPS) is 13.2. The van der Waals surface area contributed by atoms with Crippen molar-refractivity contribution in [1.82, 2.24) is 5.32 Å². The summed E-state index contributed by atoms with van der Waals surface area (Å²) in [4.78, 5) is 0. The summed E-state index contributed by atoms with van der Waals surface area (Å²) >= 11 is 5.93. The monoisotopic (exact) mass is 237 g/mol. The first-order chi connectivity index (χ1) is 7.69. The highest BCUT2D eigenvalue weighted by atomic mass is 35.5. The lowest BCUT2D eigenvalue weighted by atomic mass is 10.1. The molecule has 0 aliphatic heterocycles. The van der Waals surface area contributed by atoms with E-state index in [4.69, 9.17) is 16.0 Å². The Hall–Kier alpha value is -0.990. The third-order valence-electron chi connectivity index (χ3n) is 2.85. The van der Waals surface area contributed by atoms with Crippen LogP contribution >= 0.6 is 11.6 Å². The summed E-state index contributed by atoms with van der Waals surface area (Å²) < 4.78 is 5.73. The lowest BCUT2D eigenvalue weighted by Gasteiger charge is -2.07. The Bertz CT molecular complexity index is 478. The summed E-state index contributed by atoms with van der Waals surface area (Å²) in [7, 11) is 1.98. The first-order valence-corrected chi connectivity index (χ1v) is 5.92. The number of rotatable bonds is 4. The van der Waals surface area contributed by atoms with Crippen LogP contribution in [-0.2, 0) is 6.42 Å². The van der Waals surface area contributed by atoms with Gasteiger partial charge in [0.15, 0.2) is 0 Å². The molecule has 2 nitrogen and oxygen atoms in total. The molecule has 1 N–H and O–H groups in total. The molecule has 86 valence electrons. The molecular weight excluding hydrogens is 222 g/mol. The van der Waals surface area contributed by atoms with Crippen molar-refractivity contribution in [2.24, 2.45) is 0 Å². The zero-order valence-corrected chi connectivity index (χ0v) is 10.3. The molecule has 2 rings (SSSR count). The van der Waals surface area contributed by atoms with E-state index >= 15 is 0 Å². The third kappa shape index (κ3) is 2.57. The average Bonchev–Trinajstić information content (AvgIpc) is 2.67. The Morgan fingerprint density at radius 2 is 2.19 bits per heavy atom. The number of fused-ring (bicyclic) bond motifs is 1. The van der Waals surface area contributed by atoms with E-state index in [1.807, 2.05) is 25.2 Å². The van der Waals surface area contributed by atoms with Crippen molar-refractivity contribution >= 4 is 22.6 Å². The van der Waals surface area contributed by atoms with Gasteiger partial charge in [-0.3, -0.25) is 0 Å². The second-order valence-corrected chi connectivity index (χ2v) is 4.56. The molecule has 0 radical (unpaired) electrons. The molecule has 1 aromatic carbocycles. The number of halogens is 1. The Morgan fingerprint density at radius 3 is 2.94 bits per heavy atom. The Labute approximate surface area is 101 Å². The molecule has 0 amide bonds. The van der Waals surface area contributed by atoms with Gasteiger partial charge in [-0.05, 0) is 44.7 Å². The predicted octanol–water partition coefficient (Wildman–Crippen LogP) is 3.63. The van der Waals surface area contributed by atoms with E-state index in [9.17, 15) is 0 Å². The zero-order valence-electron chi connectivity index (χ0n) is 9.59. The van der Waals surface area contributed by atoms with Gasteiger partial charge in [0, 0.05) is 22.9 Å². The SMILES string of the molecule is CNC(C)CCc1cc2cc(Cl)ccc2o1. The van der Waals surface area contributed by atoms with E-state index in [-0.39, 0.29) is 0 Å². The summed E-state index contributed by atoms with van der Waals surface area (Å²) in [5, 5.41) is 5.05. The molecule has 16 heavy (non-hydrogen) atoms. The van der Waals surface area contributed by atoms with Crippen molar-refractivity contribution in [3.05, 3.63) is 35.0 Å². The summed E-state index contributed by atoms with van der Waals surface area (Å²) in [5.41, 5.74) is 0.913. The number of hydrogen-bond acceptors (Lipinski definition) is 2. The molecule has 1 atom stereocenters. The summed E-state index contributed by atoms with van der Waals surface area (Å²) in [6, 6.07) is 8.29. The second kappa shape index (κ2) is 4.89. The molecule has 0 saturated carbocycles. The van der Waals surface area contributed by atoms with Gasteiger partial charge in [0.25, 0.3) is 0 Å². The van der Waals surface area contributed by atoms with Crippen molar-refractivity contribution < 1.29 is 4.42 Å². The Balaban J connectivity index is 2.13. The largest absolute Gasteiger partial charge is 0.461 e. The minimum absolute atomic E-state index is 0.511. The van der Waals surface area contributed by atoms with Gasteiger partial charge in [0.1, 0.15) is 11.3 Å². The van der Waals surface area contributed by atoms with Gasteiger partial charge in [-0.2, -0.15) is 0 Å². The molecule has 0 aliphatic rings. The van der Waals surface area contributed by atoms with Crippen molar-refractivity contribution in [2.45, 2.75) is 25.8 Å². The third-order valence-corrected chi connectivity index (χ3v) is 3.08. The molecule has 0 spiro atoms. The minimum atomic E-state index is 0.511. The van der Waals surface area contributed by atoms with Crippen molar-refractivity contribution in [1.29, 1.82) is 0 Å². The highest BCUT2D eigenvalue weighted by Gasteiger charge is 2.06. The van der Waals surface area contributed by atoms with E-state index in [0.717, 1.165) is 34.6 Å². The van der Waals surface area contributed by atoms with Gasteiger partial charge in [-0.1, -0.05) is 11.6 Å². The maximum Gasteiger partial charge on any atom is 0.134 e. The smallest absolute Gasteiger partial charge is 0.134 e. The molecular formula is C13H16ClNO. The molecule has 0 aliphatic carbocycles. The van der Waals surface area contributed by atoms with E-state index in [1.165, 1.54) is 0 Å². The quantitative estimate of drug-likeness (QED) is 0.879. The summed E-state index contributed by atoms with van der Waals surface area (Å²) in [5.74, 6) is 1.03. The van der Waals surface area contributed by atoms with E-state index in [0.29, 0.717) is 6.04 Å². The van der Waals surface area contributed by atoms with Crippen molar-refractivity contribution in [3.8, 4) is 0 Å². The molecule has 2 aromatic rings. The van der Waals surface area contributed by atoms with E-state index < -0.39 is 0 Å². The highest BCUT2D eigenvalue weighted by Crippen LogP contribution is 2.23. The standard InChI is InChI=1S/C13H16ClNO/c1-9(15-2)3-5-12-8-10-7-11(14)4-6-13(10)16-12/h4,6-9,15H,3,5H2,1-2H3. The van der Waals surface area contributed by atoms with Crippen LogP contribution in [-0.4, -0.2) is 13.1 Å². The number of furan rings is 1. The van der Waals surface area contributed by atoms with E-state index in [1.54, 1.807) is 0 Å². The van der Waals surface area contributed by atoms with Crippen LogP contribution in [0.4, 0.5) is 0 Å². The van der Waals surface area contributed by atoms with Gasteiger partial charge in [-0.25, -0.2) is 0 Å². The lowest BCUT2D eigenvalue weighted by molar-refractivity contribution is 0.497. The van der Waals surface area contributed by atoms with Crippen LogP contribution in [0.2, 0.25) is 5.02 Å². The van der Waals surface area contributed by atoms with Gasteiger partial charge >= 0.3 is 0 Å². The van der Waals surface area contributed by atoms with Crippen molar-refractivity contribution in [2.75, 3.05) is 7.05 Å². The van der Waals surface area contributed by atoms with Gasteiger partial charge < -0.3 is 9.73 Å². The zero-order chi connectivity index (χ0) is 11.5. The van der Waals surface area contributed by atoms with E-state index in [2.05, 4.69) is 18.3 Å². The van der Waals surface area contributed by atoms with Gasteiger partial charge in [0.05, 0.1) is 0 Å². The van der Waals surface area contributed by atoms with Crippen LogP contribution in [0.3, 0.4) is 0 Å². The second-order valence-electron chi connectivity index (χ2n) is 4.12. The number of aryl methyl sites for hydroxylation is 1. The van der Waals surface area contributed by atoms with Crippen LogP contribution in [0.15, 0.2) is 28.7 Å². The fraction of sp³-hybridized carbons (Fsp3) is 0.385.